The average molecular weight is 681 g/mol. The van der Waals surface area contributed by atoms with Crippen LogP contribution in [0.3, 0.4) is 0 Å². The lowest BCUT2D eigenvalue weighted by atomic mass is 10.0. The van der Waals surface area contributed by atoms with Crippen LogP contribution in [0, 0.1) is 0 Å². The summed E-state index contributed by atoms with van der Waals surface area (Å²) in [4.78, 5) is 40.2. The number of benzene rings is 2. The summed E-state index contributed by atoms with van der Waals surface area (Å²) in [5, 5.41) is 2.27. The van der Waals surface area contributed by atoms with Crippen LogP contribution < -0.4 is 19.3 Å². The summed E-state index contributed by atoms with van der Waals surface area (Å²) >= 11 is 6.71. The number of hydrogen-bond acceptors (Lipinski definition) is 11. The molecule has 0 aliphatic carbocycles. The normalized spacial score (nSPS) is 15.9. The molecule has 5 rings (SSSR count). The Morgan fingerprint density at radius 1 is 1.04 bits per heavy atom. The molecule has 47 heavy (non-hydrogen) atoms. The summed E-state index contributed by atoms with van der Waals surface area (Å²) in [5.41, 5.74) is 2.57. The first-order valence-electron chi connectivity index (χ1n) is 15.0. The summed E-state index contributed by atoms with van der Waals surface area (Å²) in [6.45, 7) is 4.17. The highest BCUT2D eigenvalue weighted by Gasteiger charge is 2.43. The van der Waals surface area contributed by atoms with Crippen LogP contribution in [-0.2, 0) is 27.2 Å². The Morgan fingerprint density at radius 2 is 1.74 bits per heavy atom. The highest BCUT2D eigenvalue weighted by molar-refractivity contribution is 6.37. The summed E-state index contributed by atoms with van der Waals surface area (Å²) in [5.74, 6) is -1.42. The fourth-order valence-corrected chi connectivity index (χ4v) is 6.00. The molecule has 0 bridgehead atoms. The third-order valence-electron chi connectivity index (χ3n) is 7.80. The number of rotatable bonds is 9. The molecule has 1 fully saturated rings. The maximum atomic E-state index is 12.6. The van der Waals surface area contributed by atoms with Crippen LogP contribution >= 0.6 is 11.6 Å². The maximum absolute atomic E-state index is 12.6. The van der Waals surface area contributed by atoms with Gasteiger partial charge in [0.1, 0.15) is 17.7 Å². The van der Waals surface area contributed by atoms with Crippen LogP contribution in [-0.4, -0.2) is 111 Å². The number of ether oxygens (including phenoxy) is 4. The molecule has 0 unspecified atom stereocenters. The molecule has 3 aromatic rings. The van der Waals surface area contributed by atoms with Crippen LogP contribution in [0.25, 0.3) is 10.8 Å². The van der Waals surface area contributed by atoms with Crippen LogP contribution in [0.1, 0.15) is 18.2 Å². The van der Waals surface area contributed by atoms with Gasteiger partial charge in [-0.1, -0.05) is 35.9 Å². The molecule has 0 spiro atoms. The first-order chi connectivity index (χ1) is 22.3. The highest BCUT2D eigenvalue weighted by atomic mass is 35.5. The summed E-state index contributed by atoms with van der Waals surface area (Å²) in [6, 6.07) is 9.89. The fourth-order valence-electron chi connectivity index (χ4n) is 5.73. The molecule has 1 amide bonds. The molecule has 1 saturated heterocycles. The van der Waals surface area contributed by atoms with Crippen LogP contribution in [0.2, 0.25) is 5.02 Å². The predicted octanol–water partition coefficient (Wildman–Crippen LogP) is 4.51. The lowest BCUT2D eigenvalue weighted by Crippen LogP contribution is -2.50. The molecule has 12 nitrogen and oxygen atoms in total. The number of amides is 1. The Labute approximate surface area is 274 Å². The third kappa shape index (κ3) is 7.91. The first-order valence-corrected chi connectivity index (χ1v) is 15.4. The molecule has 2 aliphatic heterocycles. The third-order valence-corrected chi connectivity index (χ3v) is 8.19. The zero-order valence-electron chi connectivity index (χ0n) is 26.5. The smallest absolute Gasteiger partial charge is 0.466 e. The highest BCUT2D eigenvalue weighted by Crippen LogP contribution is 2.41. The van der Waals surface area contributed by atoms with E-state index in [2.05, 4.69) is 9.64 Å². The number of halogens is 4. The summed E-state index contributed by atoms with van der Waals surface area (Å²) in [6.07, 6.45) is -6.25. The second-order valence-electron chi connectivity index (χ2n) is 11.5. The van der Waals surface area contributed by atoms with Crippen molar-refractivity contribution in [3.8, 4) is 11.8 Å². The number of nitrogens with zero attached hydrogens (tertiary/aromatic N) is 6. The van der Waals surface area contributed by atoms with Crippen molar-refractivity contribution in [1.29, 1.82) is 0 Å². The van der Waals surface area contributed by atoms with Crippen LogP contribution in [0.4, 0.5) is 29.5 Å². The molecule has 2 aromatic carbocycles. The lowest BCUT2D eigenvalue weighted by Gasteiger charge is -2.38. The van der Waals surface area contributed by atoms with E-state index in [-0.39, 0.29) is 45.1 Å². The SMILES string of the molecule is COCOc1cc(N2CCc3c(nc(O[C@@H](C)CN(C)C)nc3N3CCN(C(=O)OC(=O)C(F)(F)F)CC3)C2)c2ccccc2c1Cl. The van der Waals surface area contributed by atoms with Crippen molar-refractivity contribution in [2.45, 2.75) is 32.2 Å². The number of aromatic nitrogens is 2. The molecule has 254 valence electrons. The monoisotopic (exact) mass is 680 g/mol. The number of fused-ring (bicyclic) bond motifs is 2. The van der Waals surface area contributed by atoms with Gasteiger partial charge >= 0.3 is 24.2 Å². The first kappa shape index (κ1) is 34.3. The Balaban J connectivity index is 1.44. The van der Waals surface area contributed by atoms with E-state index in [1.54, 1.807) is 0 Å². The molecule has 3 heterocycles. The molecule has 0 N–H and O–H groups in total. The number of likely N-dealkylation sites (N-methyl/N-ethyl adjacent to an activating group) is 1. The van der Waals surface area contributed by atoms with Gasteiger partial charge in [-0.15, -0.1) is 0 Å². The van der Waals surface area contributed by atoms with E-state index in [4.69, 9.17) is 35.8 Å². The predicted molar refractivity (Wildman–Crippen MR) is 168 cm³/mol. The molecule has 16 heteroatoms. The van der Waals surface area contributed by atoms with Gasteiger partial charge in [-0.25, -0.2) is 9.59 Å². The van der Waals surface area contributed by atoms with Gasteiger partial charge in [0.05, 0.1) is 17.3 Å². The largest absolute Gasteiger partial charge is 0.491 e. The number of alkyl halides is 3. The van der Waals surface area contributed by atoms with Gasteiger partial charge in [0.15, 0.2) is 6.79 Å². The summed E-state index contributed by atoms with van der Waals surface area (Å²) < 4.78 is 58.9. The van der Waals surface area contributed by atoms with Crippen molar-refractivity contribution in [3.63, 3.8) is 0 Å². The van der Waals surface area contributed by atoms with Crippen LogP contribution in [0.5, 0.6) is 11.8 Å². The van der Waals surface area contributed by atoms with E-state index in [9.17, 15) is 22.8 Å². The second kappa shape index (κ2) is 14.4. The maximum Gasteiger partial charge on any atom is 0.491 e. The zero-order chi connectivity index (χ0) is 33.9. The van der Waals surface area contributed by atoms with Gasteiger partial charge in [0, 0.05) is 74.5 Å². The fraction of sp³-hybridized carbons (Fsp3) is 0.484. The topological polar surface area (TPSA) is 110 Å². The van der Waals surface area contributed by atoms with Crippen molar-refractivity contribution in [1.82, 2.24) is 19.8 Å². The standard InChI is InChI=1S/C31H36ClF3N6O6/c1-19(16-38(2)3)46-29-36-23-17-41(24-15-25(45-18-44-4)26(32)21-8-6-5-7-20(21)24)10-9-22(23)27(37-29)39-11-13-40(14-12-39)30(43)47-28(42)31(33,34)35/h5-8,15,19H,9-14,16-18H2,1-4H3/t19-/m0/s1. The molecular formula is C31H36ClF3N6O6. The Kier molecular flexibility index (Phi) is 10.5. The van der Waals surface area contributed by atoms with Gasteiger partial charge in [-0.05, 0) is 27.4 Å². The van der Waals surface area contributed by atoms with Crippen molar-refractivity contribution >= 4 is 45.9 Å². The molecule has 1 atom stereocenters. The Hall–Kier alpha value is -4.08. The number of carbonyl (C=O) groups excluding carboxylic acids is 2. The summed E-state index contributed by atoms with van der Waals surface area (Å²) in [7, 11) is 5.41. The van der Waals surface area contributed by atoms with E-state index >= 15 is 0 Å². The number of methoxy groups -OCH3 is 1. The average Bonchev–Trinajstić information content (AvgIpc) is 3.03. The van der Waals surface area contributed by atoms with Crippen molar-refractivity contribution in [2.75, 3.05) is 77.1 Å². The minimum atomic E-state index is -5.26. The number of piperazine rings is 1. The van der Waals surface area contributed by atoms with E-state index in [1.165, 1.54) is 7.11 Å². The minimum Gasteiger partial charge on any atom is -0.466 e. The second-order valence-corrected chi connectivity index (χ2v) is 11.9. The van der Waals surface area contributed by atoms with Gasteiger partial charge in [0.2, 0.25) is 0 Å². The van der Waals surface area contributed by atoms with E-state index in [0.717, 1.165) is 32.6 Å². The van der Waals surface area contributed by atoms with Crippen LogP contribution in [0.15, 0.2) is 30.3 Å². The van der Waals surface area contributed by atoms with E-state index < -0.39 is 18.2 Å². The van der Waals surface area contributed by atoms with Gasteiger partial charge in [0.25, 0.3) is 0 Å². The molecule has 2 aliphatic rings. The minimum absolute atomic E-state index is 0.0309. The van der Waals surface area contributed by atoms with Gasteiger partial charge in [-0.3, -0.25) is 0 Å². The van der Waals surface area contributed by atoms with E-state index in [0.29, 0.717) is 42.6 Å². The van der Waals surface area contributed by atoms with Gasteiger partial charge in [-0.2, -0.15) is 23.1 Å². The Morgan fingerprint density at radius 3 is 2.40 bits per heavy atom. The number of carbonyl (C=O) groups is 2. The molecule has 0 saturated carbocycles. The van der Waals surface area contributed by atoms with E-state index in [1.807, 2.05) is 61.2 Å². The Bertz CT molecular complexity index is 1620. The lowest BCUT2D eigenvalue weighted by molar-refractivity contribution is -0.193. The molecule has 1 aromatic heterocycles. The molecular weight excluding hydrogens is 645 g/mol. The zero-order valence-corrected chi connectivity index (χ0v) is 27.2. The number of esters is 1. The molecule has 0 radical (unpaired) electrons. The van der Waals surface area contributed by atoms with Crippen molar-refractivity contribution in [3.05, 3.63) is 46.6 Å². The van der Waals surface area contributed by atoms with Gasteiger partial charge < -0.3 is 38.5 Å². The van der Waals surface area contributed by atoms with Crippen molar-refractivity contribution < 1.29 is 41.7 Å². The van der Waals surface area contributed by atoms with Crippen molar-refractivity contribution in [2.24, 2.45) is 0 Å². The number of hydrogen-bond donors (Lipinski definition) is 0. The quantitative estimate of drug-likeness (QED) is 0.181. The number of anilines is 2.